The molecule has 1 saturated heterocycles. The van der Waals surface area contributed by atoms with Crippen molar-refractivity contribution in [3.05, 3.63) is 88.9 Å². The number of amides is 3. The summed E-state index contributed by atoms with van der Waals surface area (Å²) in [4.78, 5) is 41.6. The summed E-state index contributed by atoms with van der Waals surface area (Å²) in [6.07, 6.45) is 0. The van der Waals surface area contributed by atoms with E-state index in [4.69, 9.17) is 11.6 Å². The zero-order chi connectivity index (χ0) is 23.2. The van der Waals surface area contributed by atoms with Crippen LogP contribution in [-0.2, 0) is 19.3 Å². The Morgan fingerprint density at radius 3 is 2.48 bits per heavy atom. The SMILES string of the molecule is Cc1ccccc1NC(=O)CN1C(=O)[C@@]2(SCC(=O)N2c2ccc(Cl)cc2)c2ccccc21. The second-order valence-corrected chi connectivity index (χ2v) is 9.51. The summed E-state index contributed by atoms with van der Waals surface area (Å²) in [7, 11) is 0. The fourth-order valence-electron chi connectivity index (χ4n) is 4.35. The number of benzene rings is 3. The third kappa shape index (κ3) is 3.48. The molecule has 6 nitrogen and oxygen atoms in total. The lowest BCUT2D eigenvalue weighted by Crippen LogP contribution is -2.50. The fourth-order valence-corrected chi connectivity index (χ4v) is 5.83. The standard InChI is InChI=1S/C25H20ClN3O3S/c1-16-6-2-4-8-20(16)27-22(30)14-28-21-9-5-3-7-19(21)25(24(28)32)29(23(31)15-33-25)18-12-10-17(26)11-13-18/h2-13H,14-15H2,1H3,(H,27,30)/t25-/m0/s1. The number of nitrogens with zero attached hydrogens (tertiary/aromatic N) is 2. The van der Waals surface area contributed by atoms with E-state index in [9.17, 15) is 14.4 Å². The lowest BCUT2D eigenvalue weighted by molar-refractivity contribution is -0.124. The molecule has 3 aromatic rings. The number of halogens is 1. The molecule has 0 unspecified atom stereocenters. The molecule has 1 atom stereocenters. The van der Waals surface area contributed by atoms with E-state index in [0.717, 1.165) is 5.56 Å². The van der Waals surface area contributed by atoms with Crippen molar-refractivity contribution in [2.24, 2.45) is 0 Å². The average molecular weight is 478 g/mol. The van der Waals surface area contributed by atoms with Gasteiger partial charge in [-0.25, -0.2) is 0 Å². The topological polar surface area (TPSA) is 69.7 Å². The summed E-state index contributed by atoms with van der Waals surface area (Å²) in [6, 6.07) is 21.7. The molecule has 33 heavy (non-hydrogen) atoms. The quantitative estimate of drug-likeness (QED) is 0.597. The number of thioether (sulfide) groups is 1. The number of carbonyl (C=O) groups is 3. The maximum absolute atomic E-state index is 13.9. The predicted octanol–water partition coefficient (Wildman–Crippen LogP) is 4.57. The third-order valence-corrected chi connectivity index (χ3v) is 7.51. The Balaban J connectivity index is 1.52. The van der Waals surface area contributed by atoms with Crippen molar-refractivity contribution >= 4 is 58.1 Å². The monoisotopic (exact) mass is 477 g/mol. The first-order valence-electron chi connectivity index (χ1n) is 10.4. The Labute approximate surface area is 200 Å². The van der Waals surface area contributed by atoms with Crippen LogP contribution in [0.2, 0.25) is 5.02 Å². The molecule has 2 aliphatic rings. The van der Waals surface area contributed by atoms with Crippen LogP contribution in [0.3, 0.4) is 0 Å². The predicted molar refractivity (Wildman–Crippen MR) is 132 cm³/mol. The van der Waals surface area contributed by atoms with Crippen molar-refractivity contribution < 1.29 is 14.4 Å². The van der Waals surface area contributed by atoms with Crippen molar-refractivity contribution in [3.8, 4) is 0 Å². The highest BCUT2D eigenvalue weighted by Gasteiger charge is 2.61. The summed E-state index contributed by atoms with van der Waals surface area (Å²) in [5.41, 5.74) is 3.54. The molecule has 166 valence electrons. The first kappa shape index (κ1) is 21.6. The molecule has 2 heterocycles. The first-order chi connectivity index (χ1) is 15.9. The number of aryl methyl sites for hydroxylation is 1. The lowest BCUT2D eigenvalue weighted by Gasteiger charge is -2.33. The second kappa shape index (κ2) is 8.24. The van der Waals surface area contributed by atoms with Gasteiger partial charge in [-0.1, -0.05) is 48.0 Å². The molecule has 5 rings (SSSR count). The Hall–Kier alpha value is -3.29. The number of anilines is 3. The molecule has 3 amide bonds. The van der Waals surface area contributed by atoms with Gasteiger partial charge in [-0.15, -0.1) is 11.8 Å². The van der Waals surface area contributed by atoms with Crippen LogP contribution in [0.4, 0.5) is 17.1 Å². The van der Waals surface area contributed by atoms with Crippen molar-refractivity contribution in [2.45, 2.75) is 11.8 Å². The molecule has 2 aliphatic heterocycles. The number of rotatable bonds is 4. The molecule has 1 N–H and O–H groups in total. The van der Waals surface area contributed by atoms with Gasteiger partial charge in [0.25, 0.3) is 5.91 Å². The van der Waals surface area contributed by atoms with Crippen molar-refractivity contribution in [2.75, 3.05) is 27.4 Å². The lowest BCUT2D eigenvalue weighted by atomic mass is 10.0. The molecule has 0 bridgehead atoms. The number of fused-ring (bicyclic) bond motifs is 2. The summed E-state index contributed by atoms with van der Waals surface area (Å²) in [5.74, 6) is -0.630. The van der Waals surface area contributed by atoms with Crippen LogP contribution >= 0.6 is 23.4 Å². The maximum Gasteiger partial charge on any atom is 0.269 e. The summed E-state index contributed by atoms with van der Waals surface area (Å²) < 4.78 is 0. The number of para-hydroxylation sites is 2. The van der Waals surface area contributed by atoms with E-state index in [1.165, 1.54) is 21.6 Å². The van der Waals surface area contributed by atoms with Gasteiger partial charge in [0.1, 0.15) is 6.54 Å². The van der Waals surface area contributed by atoms with E-state index in [1.54, 1.807) is 24.3 Å². The summed E-state index contributed by atoms with van der Waals surface area (Å²) in [5, 5.41) is 3.43. The van der Waals surface area contributed by atoms with Gasteiger partial charge in [0, 0.05) is 22.0 Å². The maximum atomic E-state index is 13.9. The number of hydrogen-bond donors (Lipinski definition) is 1. The average Bonchev–Trinajstić information content (AvgIpc) is 3.27. The first-order valence-corrected chi connectivity index (χ1v) is 11.8. The van der Waals surface area contributed by atoms with E-state index >= 15 is 0 Å². The highest BCUT2D eigenvalue weighted by molar-refractivity contribution is 8.02. The Bertz CT molecular complexity index is 1280. The van der Waals surface area contributed by atoms with Crippen molar-refractivity contribution in [3.63, 3.8) is 0 Å². The largest absolute Gasteiger partial charge is 0.324 e. The Morgan fingerprint density at radius 1 is 1.03 bits per heavy atom. The van der Waals surface area contributed by atoms with Gasteiger partial charge in [0.15, 0.2) is 0 Å². The van der Waals surface area contributed by atoms with Gasteiger partial charge in [0.05, 0.1) is 11.4 Å². The van der Waals surface area contributed by atoms with Gasteiger partial charge in [-0.05, 0) is 48.9 Å². The Kier molecular flexibility index (Phi) is 5.38. The van der Waals surface area contributed by atoms with Crippen LogP contribution in [0, 0.1) is 6.92 Å². The number of carbonyl (C=O) groups excluding carboxylic acids is 3. The van der Waals surface area contributed by atoms with Crippen molar-refractivity contribution in [1.82, 2.24) is 0 Å². The molecule has 0 aliphatic carbocycles. The van der Waals surface area contributed by atoms with E-state index in [-0.39, 0.29) is 30.0 Å². The van der Waals surface area contributed by atoms with Crippen LogP contribution in [0.15, 0.2) is 72.8 Å². The van der Waals surface area contributed by atoms with Crippen LogP contribution in [0.25, 0.3) is 0 Å². The molecular weight excluding hydrogens is 458 g/mol. The smallest absolute Gasteiger partial charge is 0.269 e. The number of nitrogens with one attached hydrogen (secondary N) is 1. The van der Waals surface area contributed by atoms with E-state index < -0.39 is 4.87 Å². The van der Waals surface area contributed by atoms with Gasteiger partial charge in [-0.3, -0.25) is 24.2 Å². The molecule has 8 heteroatoms. The van der Waals surface area contributed by atoms with Gasteiger partial charge < -0.3 is 5.32 Å². The van der Waals surface area contributed by atoms with E-state index in [0.29, 0.717) is 27.6 Å². The zero-order valence-corrected chi connectivity index (χ0v) is 19.3. The molecule has 3 aromatic carbocycles. The number of hydrogen-bond acceptors (Lipinski definition) is 4. The summed E-state index contributed by atoms with van der Waals surface area (Å²) >= 11 is 7.32. The highest BCUT2D eigenvalue weighted by atomic mass is 35.5. The minimum Gasteiger partial charge on any atom is -0.324 e. The molecule has 1 fully saturated rings. The molecule has 0 aromatic heterocycles. The minimum atomic E-state index is -1.26. The third-order valence-electron chi connectivity index (χ3n) is 5.87. The van der Waals surface area contributed by atoms with Gasteiger partial charge in [0.2, 0.25) is 16.7 Å². The zero-order valence-electron chi connectivity index (χ0n) is 17.7. The van der Waals surface area contributed by atoms with E-state index in [2.05, 4.69) is 5.32 Å². The minimum absolute atomic E-state index is 0.158. The second-order valence-electron chi connectivity index (χ2n) is 7.91. The highest BCUT2D eigenvalue weighted by Crippen LogP contribution is 2.55. The normalized spacial score (nSPS) is 19.3. The molecular formula is C25H20ClN3O3S. The van der Waals surface area contributed by atoms with Crippen LogP contribution < -0.4 is 15.1 Å². The molecule has 0 radical (unpaired) electrons. The Morgan fingerprint density at radius 2 is 1.73 bits per heavy atom. The van der Waals surface area contributed by atoms with E-state index in [1.807, 2.05) is 55.5 Å². The molecule has 0 saturated carbocycles. The fraction of sp³-hybridized carbons (Fsp3) is 0.160. The van der Waals surface area contributed by atoms with Crippen molar-refractivity contribution in [1.29, 1.82) is 0 Å². The summed E-state index contributed by atoms with van der Waals surface area (Å²) in [6.45, 7) is 1.75. The van der Waals surface area contributed by atoms with Gasteiger partial charge >= 0.3 is 0 Å². The van der Waals surface area contributed by atoms with Crippen LogP contribution in [0.1, 0.15) is 11.1 Å². The van der Waals surface area contributed by atoms with Crippen LogP contribution in [-0.4, -0.2) is 30.0 Å². The molecule has 1 spiro atoms. The van der Waals surface area contributed by atoms with Gasteiger partial charge in [-0.2, -0.15) is 0 Å². The van der Waals surface area contributed by atoms with Crippen LogP contribution in [0.5, 0.6) is 0 Å².